The molecule has 1 aliphatic heterocycles. The van der Waals surface area contributed by atoms with Crippen LogP contribution in [0, 0.1) is 5.82 Å². The smallest absolute Gasteiger partial charge is 0.293 e. The number of rotatable bonds is 4. The highest BCUT2D eigenvalue weighted by atomic mass is 19.1. The molecule has 0 fully saturated rings. The lowest BCUT2D eigenvalue weighted by Crippen LogP contribution is -2.20. The van der Waals surface area contributed by atoms with Crippen molar-refractivity contribution in [2.45, 2.75) is 6.04 Å². The third-order valence-electron chi connectivity index (χ3n) is 4.73. The fourth-order valence-electron chi connectivity index (χ4n) is 3.30. The van der Waals surface area contributed by atoms with Crippen LogP contribution in [0.1, 0.15) is 27.7 Å². The largest absolute Gasteiger partial charge is 0.459 e. The zero-order chi connectivity index (χ0) is 20.5. The lowest BCUT2D eigenvalue weighted by Gasteiger charge is -2.24. The van der Waals surface area contributed by atoms with E-state index in [4.69, 9.17) is 4.42 Å². The standard InChI is InChI=1S/C22H16FN5O2/c23-16-10-8-15(9-11-16)18-13-17(14-5-2-1-3-6-14)24-22-26-21(27-28(18)22)25-20(29)19-7-4-12-30-19/h1-13,18H,(H2,24,25,26,27,29). The van der Waals surface area contributed by atoms with Crippen LogP contribution >= 0.6 is 0 Å². The number of halogens is 1. The molecule has 2 aromatic heterocycles. The Bertz CT molecular complexity index is 1210. The van der Waals surface area contributed by atoms with E-state index < -0.39 is 5.91 Å². The van der Waals surface area contributed by atoms with Crippen molar-refractivity contribution in [1.82, 2.24) is 14.8 Å². The molecular weight excluding hydrogens is 385 g/mol. The minimum absolute atomic E-state index is 0.133. The number of nitrogens with zero attached hydrogens (tertiary/aromatic N) is 3. The summed E-state index contributed by atoms with van der Waals surface area (Å²) in [6.07, 6.45) is 3.41. The number of nitrogens with one attached hydrogen (secondary N) is 2. The summed E-state index contributed by atoms with van der Waals surface area (Å²) in [5.74, 6) is -0.00857. The number of benzene rings is 2. The average Bonchev–Trinajstić information content (AvgIpc) is 3.44. The third kappa shape index (κ3) is 3.35. The number of carbonyl (C=O) groups is 1. The van der Waals surface area contributed by atoms with Crippen LogP contribution < -0.4 is 10.6 Å². The fraction of sp³-hybridized carbons (Fsp3) is 0.0455. The lowest BCUT2D eigenvalue weighted by molar-refractivity contribution is 0.0995. The van der Waals surface area contributed by atoms with Gasteiger partial charge in [0, 0.05) is 5.70 Å². The van der Waals surface area contributed by atoms with Crippen molar-refractivity contribution in [3.63, 3.8) is 0 Å². The van der Waals surface area contributed by atoms with Gasteiger partial charge in [0.2, 0.25) is 5.95 Å². The number of amides is 1. The highest BCUT2D eigenvalue weighted by Gasteiger charge is 2.26. The van der Waals surface area contributed by atoms with Gasteiger partial charge in [0.05, 0.1) is 6.26 Å². The van der Waals surface area contributed by atoms with E-state index in [1.165, 1.54) is 18.4 Å². The van der Waals surface area contributed by atoms with Crippen molar-refractivity contribution >= 4 is 23.5 Å². The van der Waals surface area contributed by atoms with Crippen LogP contribution in [0.3, 0.4) is 0 Å². The average molecular weight is 401 g/mol. The molecule has 1 aliphatic rings. The fourth-order valence-corrected chi connectivity index (χ4v) is 3.30. The van der Waals surface area contributed by atoms with Gasteiger partial charge in [0.15, 0.2) is 5.76 Å². The Hall–Kier alpha value is -4.20. The second-order valence-corrected chi connectivity index (χ2v) is 6.70. The molecule has 0 bridgehead atoms. The SMILES string of the molecule is O=C(Nc1nc2n(n1)C(c1ccc(F)cc1)C=C(c1ccccc1)N2)c1ccco1. The summed E-state index contributed by atoms with van der Waals surface area (Å²) >= 11 is 0. The number of hydrogen-bond donors (Lipinski definition) is 2. The maximum absolute atomic E-state index is 13.5. The first-order chi connectivity index (χ1) is 14.7. The van der Waals surface area contributed by atoms with Gasteiger partial charge in [-0.2, -0.15) is 4.98 Å². The summed E-state index contributed by atoms with van der Waals surface area (Å²) in [7, 11) is 0. The maximum atomic E-state index is 13.5. The number of allylic oxidation sites excluding steroid dienone is 1. The molecule has 0 spiro atoms. The molecule has 2 aromatic carbocycles. The van der Waals surface area contributed by atoms with Crippen molar-refractivity contribution in [2.24, 2.45) is 0 Å². The van der Waals surface area contributed by atoms with Gasteiger partial charge in [-0.1, -0.05) is 42.5 Å². The number of aromatic nitrogens is 3. The van der Waals surface area contributed by atoms with E-state index >= 15 is 0 Å². The second kappa shape index (κ2) is 7.32. The monoisotopic (exact) mass is 401 g/mol. The predicted octanol–water partition coefficient (Wildman–Crippen LogP) is 4.32. The first kappa shape index (κ1) is 17.9. The van der Waals surface area contributed by atoms with Crippen LogP contribution in [0.4, 0.5) is 16.3 Å². The maximum Gasteiger partial charge on any atom is 0.293 e. The highest BCUT2D eigenvalue weighted by Crippen LogP contribution is 2.33. The molecule has 0 aliphatic carbocycles. The van der Waals surface area contributed by atoms with Gasteiger partial charge < -0.3 is 9.73 Å². The number of furan rings is 1. The molecule has 3 heterocycles. The predicted molar refractivity (Wildman–Crippen MR) is 109 cm³/mol. The summed E-state index contributed by atoms with van der Waals surface area (Å²) in [6.45, 7) is 0. The second-order valence-electron chi connectivity index (χ2n) is 6.70. The van der Waals surface area contributed by atoms with Gasteiger partial charge in [-0.15, -0.1) is 5.10 Å². The topological polar surface area (TPSA) is 85.0 Å². The van der Waals surface area contributed by atoms with Crippen LogP contribution in [0.2, 0.25) is 0 Å². The normalized spacial score (nSPS) is 15.1. The molecule has 7 nitrogen and oxygen atoms in total. The van der Waals surface area contributed by atoms with Crippen molar-refractivity contribution < 1.29 is 13.6 Å². The molecule has 0 saturated heterocycles. The van der Waals surface area contributed by atoms with E-state index in [0.717, 1.165) is 16.8 Å². The number of hydrogen-bond acceptors (Lipinski definition) is 5. The van der Waals surface area contributed by atoms with E-state index in [1.807, 2.05) is 36.4 Å². The van der Waals surface area contributed by atoms with Crippen molar-refractivity contribution in [2.75, 3.05) is 10.6 Å². The zero-order valence-electron chi connectivity index (χ0n) is 15.6. The lowest BCUT2D eigenvalue weighted by atomic mass is 10.0. The number of anilines is 2. The van der Waals surface area contributed by atoms with Crippen LogP contribution in [0.25, 0.3) is 5.70 Å². The highest BCUT2D eigenvalue weighted by molar-refractivity contribution is 6.01. The van der Waals surface area contributed by atoms with Crippen LogP contribution in [-0.2, 0) is 0 Å². The van der Waals surface area contributed by atoms with Crippen LogP contribution in [0.5, 0.6) is 0 Å². The molecule has 2 N–H and O–H groups in total. The molecule has 4 aromatic rings. The Morgan fingerprint density at radius 3 is 2.60 bits per heavy atom. The quantitative estimate of drug-likeness (QED) is 0.532. The van der Waals surface area contributed by atoms with Gasteiger partial charge in [-0.05, 0) is 41.5 Å². The van der Waals surface area contributed by atoms with Crippen LogP contribution in [-0.4, -0.2) is 20.7 Å². The molecule has 1 unspecified atom stereocenters. The summed E-state index contributed by atoms with van der Waals surface area (Å²) in [5.41, 5.74) is 2.65. The van der Waals surface area contributed by atoms with Gasteiger partial charge in [0.25, 0.3) is 11.9 Å². The van der Waals surface area contributed by atoms with Gasteiger partial charge in [-0.3, -0.25) is 10.1 Å². The Morgan fingerprint density at radius 1 is 1.07 bits per heavy atom. The van der Waals surface area contributed by atoms with Crippen molar-refractivity contribution in [1.29, 1.82) is 0 Å². The summed E-state index contributed by atoms with van der Waals surface area (Å²) in [5, 5.41) is 10.3. The van der Waals surface area contributed by atoms with Crippen molar-refractivity contribution in [3.05, 3.63) is 102 Å². The van der Waals surface area contributed by atoms with E-state index in [-0.39, 0.29) is 23.6 Å². The minimum atomic E-state index is -0.447. The van der Waals surface area contributed by atoms with E-state index in [1.54, 1.807) is 28.9 Å². The summed E-state index contributed by atoms with van der Waals surface area (Å²) in [6, 6.07) is 18.9. The molecule has 148 valence electrons. The summed E-state index contributed by atoms with van der Waals surface area (Å²) in [4.78, 5) is 16.7. The van der Waals surface area contributed by atoms with Gasteiger partial charge in [0.1, 0.15) is 11.9 Å². The minimum Gasteiger partial charge on any atom is -0.459 e. The molecule has 30 heavy (non-hydrogen) atoms. The number of fused-ring (bicyclic) bond motifs is 1. The Morgan fingerprint density at radius 2 is 1.87 bits per heavy atom. The Labute approximate surface area is 170 Å². The van der Waals surface area contributed by atoms with E-state index in [0.29, 0.717) is 5.95 Å². The van der Waals surface area contributed by atoms with Crippen molar-refractivity contribution in [3.8, 4) is 0 Å². The molecule has 0 saturated carbocycles. The number of carbonyl (C=O) groups excluding carboxylic acids is 1. The molecule has 0 radical (unpaired) electrons. The van der Waals surface area contributed by atoms with Gasteiger partial charge in [-0.25, -0.2) is 9.07 Å². The molecule has 1 amide bonds. The van der Waals surface area contributed by atoms with E-state index in [9.17, 15) is 9.18 Å². The van der Waals surface area contributed by atoms with Gasteiger partial charge >= 0.3 is 0 Å². The molecule has 5 rings (SSSR count). The Balaban J connectivity index is 1.53. The van der Waals surface area contributed by atoms with E-state index in [2.05, 4.69) is 20.7 Å². The van der Waals surface area contributed by atoms with Crippen LogP contribution in [0.15, 0.2) is 83.5 Å². The molecular formula is C22H16FN5O2. The Kier molecular flexibility index (Phi) is 4.36. The third-order valence-corrected chi connectivity index (χ3v) is 4.73. The molecule has 8 heteroatoms. The summed E-state index contributed by atoms with van der Waals surface area (Å²) < 4.78 is 20.2. The first-order valence-electron chi connectivity index (χ1n) is 9.28. The molecule has 1 atom stereocenters. The zero-order valence-corrected chi connectivity index (χ0v) is 15.6. The first-order valence-corrected chi connectivity index (χ1v) is 9.28.